The van der Waals surface area contributed by atoms with Crippen LogP contribution in [-0.2, 0) is 0 Å². The lowest BCUT2D eigenvalue weighted by atomic mass is 9.95. The highest BCUT2D eigenvalue weighted by Crippen LogP contribution is 2.21. The highest BCUT2D eigenvalue weighted by atomic mass is 28.4. The molecule has 0 aromatic heterocycles. The van der Waals surface area contributed by atoms with E-state index in [2.05, 4.69) is 34.6 Å². The Balaban J connectivity index is 3.68. The third-order valence-electron chi connectivity index (χ3n) is 3.61. The van der Waals surface area contributed by atoms with Crippen molar-refractivity contribution in [2.24, 2.45) is 0 Å². The summed E-state index contributed by atoms with van der Waals surface area (Å²) in [6.07, 6.45) is 0. The Bertz CT molecular complexity index is 371. The molecule has 0 aliphatic rings. The lowest BCUT2D eigenvalue weighted by Crippen LogP contribution is -2.45. The zero-order chi connectivity index (χ0) is 12.0. The first-order valence-corrected chi connectivity index (χ1v) is 8.42. The van der Waals surface area contributed by atoms with Crippen LogP contribution in [0, 0.1) is 34.6 Å². The third kappa shape index (κ3) is 2.01. The molecule has 0 atom stereocenters. The first-order chi connectivity index (χ1) is 6.68. The lowest BCUT2D eigenvalue weighted by molar-refractivity contribution is 0.568. The Hall–Kier alpha value is -0.603. The fraction of sp³-hybridized carbons (Fsp3) is 0.538. The monoisotopic (exact) mass is 222 g/mol. The maximum absolute atomic E-state index is 10.3. The number of benzene rings is 1. The number of hydrogen-bond donors (Lipinski definition) is 1. The summed E-state index contributed by atoms with van der Waals surface area (Å²) in [5.74, 6) is 0. The zero-order valence-corrected chi connectivity index (χ0v) is 11.9. The van der Waals surface area contributed by atoms with Gasteiger partial charge < -0.3 is 4.80 Å². The van der Waals surface area contributed by atoms with E-state index >= 15 is 0 Å². The molecule has 0 bridgehead atoms. The molecule has 0 amide bonds. The second-order valence-electron chi connectivity index (χ2n) is 5.06. The summed E-state index contributed by atoms with van der Waals surface area (Å²) in [5, 5.41) is 1.23. The predicted molar refractivity (Wildman–Crippen MR) is 69.5 cm³/mol. The van der Waals surface area contributed by atoms with Crippen molar-refractivity contribution in [1.29, 1.82) is 0 Å². The van der Waals surface area contributed by atoms with Gasteiger partial charge in [-0.15, -0.1) is 0 Å². The summed E-state index contributed by atoms with van der Waals surface area (Å²) in [6.45, 7) is 14.7. The van der Waals surface area contributed by atoms with Gasteiger partial charge in [-0.3, -0.25) is 0 Å². The summed E-state index contributed by atoms with van der Waals surface area (Å²) >= 11 is 0. The topological polar surface area (TPSA) is 20.2 Å². The van der Waals surface area contributed by atoms with E-state index in [1.165, 1.54) is 33.0 Å². The van der Waals surface area contributed by atoms with Crippen LogP contribution in [-0.4, -0.2) is 13.1 Å². The molecule has 0 spiro atoms. The van der Waals surface area contributed by atoms with Crippen molar-refractivity contribution in [3.8, 4) is 0 Å². The fourth-order valence-electron chi connectivity index (χ4n) is 2.42. The van der Waals surface area contributed by atoms with Gasteiger partial charge in [0.1, 0.15) is 0 Å². The van der Waals surface area contributed by atoms with Gasteiger partial charge in [0, 0.05) is 0 Å². The minimum atomic E-state index is -2.21. The molecule has 1 nitrogen and oxygen atoms in total. The molecule has 0 fully saturated rings. The van der Waals surface area contributed by atoms with Gasteiger partial charge in [-0.2, -0.15) is 0 Å². The van der Waals surface area contributed by atoms with E-state index < -0.39 is 8.32 Å². The molecule has 0 unspecified atom stereocenters. The van der Waals surface area contributed by atoms with E-state index in [-0.39, 0.29) is 0 Å². The van der Waals surface area contributed by atoms with Crippen LogP contribution in [0.25, 0.3) is 0 Å². The van der Waals surface area contributed by atoms with Crippen LogP contribution in [0.2, 0.25) is 13.1 Å². The Morgan fingerprint density at radius 2 is 0.933 bits per heavy atom. The van der Waals surface area contributed by atoms with E-state index in [0.29, 0.717) is 0 Å². The van der Waals surface area contributed by atoms with E-state index in [0.717, 1.165) is 0 Å². The Kier molecular flexibility index (Phi) is 3.13. The maximum Gasteiger partial charge on any atom is 0.214 e. The highest BCUT2D eigenvalue weighted by Gasteiger charge is 2.26. The summed E-state index contributed by atoms with van der Waals surface area (Å²) in [6, 6.07) is 0. The smallest absolute Gasteiger partial charge is 0.214 e. The molecular formula is C13H22OSi. The average Bonchev–Trinajstić information content (AvgIpc) is 2.09. The lowest BCUT2D eigenvalue weighted by Gasteiger charge is -2.25. The second-order valence-corrected chi connectivity index (χ2v) is 8.68. The standard InChI is InChI=1S/C13H22OSi/c1-8-9(2)11(4)13(15(6,7)14)12(5)10(8)3/h14H,1-7H3. The zero-order valence-electron chi connectivity index (χ0n) is 10.9. The summed E-state index contributed by atoms with van der Waals surface area (Å²) in [4.78, 5) is 10.3. The van der Waals surface area contributed by atoms with Gasteiger partial charge in [0.25, 0.3) is 0 Å². The molecular weight excluding hydrogens is 200 g/mol. The first kappa shape index (κ1) is 12.5. The van der Waals surface area contributed by atoms with Crippen molar-refractivity contribution in [2.45, 2.75) is 47.7 Å². The SMILES string of the molecule is Cc1c(C)c(C)c([Si](C)(C)O)c(C)c1C. The van der Waals surface area contributed by atoms with Gasteiger partial charge in [-0.1, -0.05) is 0 Å². The summed E-state index contributed by atoms with van der Waals surface area (Å²) in [7, 11) is -2.21. The van der Waals surface area contributed by atoms with Gasteiger partial charge in [0.2, 0.25) is 8.32 Å². The van der Waals surface area contributed by atoms with Crippen LogP contribution in [0.1, 0.15) is 27.8 Å². The van der Waals surface area contributed by atoms with Crippen LogP contribution in [0.15, 0.2) is 0 Å². The first-order valence-electron chi connectivity index (χ1n) is 5.47. The van der Waals surface area contributed by atoms with Crippen LogP contribution in [0.4, 0.5) is 0 Å². The Morgan fingerprint density at radius 1 is 0.667 bits per heavy atom. The van der Waals surface area contributed by atoms with Gasteiger partial charge in [0.05, 0.1) is 0 Å². The van der Waals surface area contributed by atoms with Crippen molar-refractivity contribution in [1.82, 2.24) is 0 Å². The molecule has 15 heavy (non-hydrogen) atoms. The predicted octanol–water partition coefficient (Wildman–Crippen LogP) is 2.63. The quantitative estimate of drug-likeness (QED) is 0.724. The molecule has 0 heterocycles. The highest BCUT2D eigenvalue weighted by molar-refractivity contribution is 6.84. The molecule has 1 aromatic carbocycles. The molecule has 0 aliphatic carbocycles. The largest absolute Gasteiger partial charge is 0.428 e. The number of rotatable bonds is 1. The molecule has 2 heteroatoms. The molecule has 84 valence electrons. The molecule has 1 aromatic rings. The fourth-order valence-corrected chi connectivity index (χ4v) is 4.63. The molecule has 0 aliphatic heterocycles. The third-order valence-corrected chi connectivity index (χ3v) is 5.59. The second kappa shape index (κ2) is 3.76. The van der Waals surface area contributed by atoms with Crippen LogP contribution in [0.5, 0.6) is 0 Å². The maximum atomic E-state index is 10.3. The van der Waals surface area contributed by atoms with Crippen LogP contribution in [0.3, 0.4) is 0 Å². The van der Waals surface area contributed by atoms with Gasteiger partial charge in [0.15, 0.2) is 0 Å². The molecule has 0 radical (unpaired) electrons. The van der Waals surface area contributed by atoms with E-state index in [4.69, 9.17) is 0 Å². The van der Waals surface area contributed by atoms with E-state index in [1.807, 2.05) is 13.1 Å². The minimum absolute atomic E-state index is 1.23. The van der Waals surface area contributed by atoms with Crippen LogP contribution < -0.4 is 5.19 Å². The van der Waals surface area contributed by atoms with Crippen molar-refractivity contribution in [3.63, 3.8) is 0 Å². The normalized spacial score (nSPS) is 12.0. The Morgan fingerprint density at radius 3 is 1.20 bits per heavy atom. The van der Waals surface area contributed by atoms with Gasteiger partial charge >= 0.3 is 0 Å². The van der Waals surface area contributed by atoms with Crippen LogP contribution >= 0.6 is 0 Å². The molecule has 1 N–H and O–H groups in total. The average molecular weight is 222 g/mol. The summed E-state index contributed by atoms with van der Waals surface area (Å²) in [5.41, 5.74) is 6.61. The summed E-state index contributed by atoms with van der Waals surface area (Å²) < 4.78 is 0. The van der Waals surface area contributed by atoms with E-state index in [9.17, 15) is 4.80 Å². The van der Waals surface area contributed by atoms with Gasteiger partial charge in [-0.25, -0.2) is 0 Å². The van der Waals surface area contributed by atoms with Gasteiger partial charge in [-0.05, 0) is 80.7 Å². The van der Waals surface area contributed by atoms with E-state index in [1.54, 1.807) is 0 Å². The van der Waals surface area contributed by atoms with Crippen molar-refractivity contribution in [3.05, 3.63) is 27.8 Å². The van der Waals surface area contributed by atoms with Crippen molar-refractivity contribution >= 4 is 13.5 Å². The minimum Gasteiger partial charge on any atom is -0.428 e. The Labute approximate surface area is 94.3 Å². The van der Waals surface area contributed by atoms with Crippen molar-refractivity contribution in [2.75, 3.05) is 0 Å². The number of hydrogen-bond acceptors (Lipinski definition) is 1. The molecule has 0 saturated carbocycles. The molecule has 1 rings (SSSR count). The molecule has 0 saturated heterocycles. The van der Waals surface area contributed by atoms with Crippen molar-refractivity contribution < 1.29 is 4.80 Å².